The van der Waals surface area contributed by atoms with E-state index in [1.165, 1.54) is 63.5 Å². The van der Waals surface area contributed by atoms with Crippen LogP contribution in [0.1, 0.15) is 57.8 Å². The molecule has 1 nitrogen and oxygen atoms in total. The summed E-state index contributed by atoms with van der Waals surface area (Å²) in [5.41, 5.74) is 0. The van der Waals surface area contributed by atoms with Gasteiger partial charge in [0, 0.05) is 5.25 Å². The zero-order chi connectivity index (χ0) is 16.9. The van der Waals surface area contributed by atoms with Crippen molar-refractivity contribution in [2.45, 2.75) is 63.0 Å². The van der Waals surface area contributed by atoms with E-state index in [9.17, 15) is 8.78 Å². The molecule has 0 radical (unpaired) electrons. The highest BCUT2D eigenvalue weighted by Crippen LogP contribution is 2.41. The van der Waals surface area contributed by atoms with Gasteiger partial charge in [0.2, 0.25) is 5.82 Å². The van der Waals surface area contributed by atoms with E-state index in [-0.39, 0.29) is 5.75 Å². The van der Waals surface area contributed by atoms with Gasteiger partial charge in [-0.25, -0.2) is 4.39 Å². The largest absolute Gasteiger partial charge is 0.490 e. The van der Waals surface area contributed by atoms with Gasteiger partial charge in [-0.05, 0) is 74.8 Å². The molecule has 2 aliphatic carbocycles. The topological polar surface area (TPSA) is 9.23 Å². The van der Waals surface area contributed by atoms with Gasteiger partial charge in [0.05, 0.1) is 6.61 Å². The molecule has 0 amide bonds. The molecule has 0 atom stereocenters. The smallest absolute Gasteiger partial charge is 0.200 e. The lowest BCUT2D eigenvalue weighted by Gasteiger charge is -2.37. The Balaban J connectivity index is 1.37. The van der Waals surface area contributed by atoms with Crippen molar-refractivity contribution in [3.05, 3.63) is 29.8 Å². The normalized spacial score (nSPS) is 31.0. The summed E-state index contributed by atoms with van der Waals surface area (Å²) in [7, 11) is 0. The number of hydrogen-bond donors (Lipinski definition) is 1. The van der Waals surface area contributed by atoms with E-state index in [0.717, 1.165) is 24.3 Å². The first-order valence-electron chi connectivity index (χ1n) is 9.38. The Morgan fingerprint density at radius 1 is 0.917 bits per heavy atom. The highest BCUT2D eigenvalue weighted by molar-refractivity contribution is 7.80. The molecular formula is C20H28F2OS. The highest BCUT2D eigenvalue weighted by atomic mass is 32.1. The summed E-state index contributed by atoms with van der Waals surface area (Å²) in [6, 6.07) is 4.09. The van der Waals surface area contributed by atoms with Crippen molar-refractivity contribution >= 4 is 12.6 Å². The summed E-state index contributed by atoms with van der Waals surface area (Å²) in [5, 5.41) is 0.623. The maximum atomic E-state index is 13.5. The number of halogens is 2. The third-order valence-electron chi connectivity index (χ3n) is 6.00. The third kappa shape index (κ3) is 4.65. The lowest BCUT2D eigenvalue weighted by molar-refractivity contribution is 0.153. The molecule has 0 unspecified atom stereocenters. The molecule has 3 rings (SSSR count). The minimum Gasteiger partial charge on any atom is -0.490 e. The maximum absolute atomic E-state index is 13.5. The molecule has 0 aromatic heterocycles. The van der Waals surface area contributed by atoms with Crippen LogP contribution in [-0.2, 0) is 0 Å². The number of benzene rings is 1. The van der Waals surface area contributed by atoms with Gasteiger partial charge in [0.25, 0.3) is 0 Å². The van der Waals surface area contributed by atoms with Crippen LogP contribution in [0.5, 0.6) is 5.75 Å². The summed E-state index contributed by atoms with van der Waals surface area (Å²) in [5.74, 6) is 0.784. The van der Waals surface area contributed by atoms with Gasteiger partial charge in [0.1, 0.15) is 0 Å². The van der Waals surface area contributed by atoms with E-state index in [4.69, 9.17) is 4.74 Å². The van der Waals surface area contributed by atoms with Crippen molar-refractivity contribution in [1.29, 1.82) is 0 Å². The molecule has 134 valence electrons. The molecule has 2 fully saturated rings. The van der Waals surface area contributed by atoms with Crippen molar-refractivity contribution < 1.29 is 13.5 Å². The Labute approximate surface area is 149 Å². The van der Waals surface area contributed by atoms with Crippen molar-refractivity contribution in [1.82, 2.24) is 0 Å². The summed E-state index contributed by atoms with van der Waals surface area (Å²) in [6.07, 6.45) is 11.3. The Morgan fingerprint density at radius 2 is 1.54 bits per heavy atom. The standard InChI is InChI=1S/C20H28F2OS/c21-18-2-1-3-19(20(18)22)23-13-12-14-4-6-15(7-5-14)16-8-10-17(24)11-9-16/h1-3,14-17,24H,4-13H2. The van der Waals surface area contributed by atoms with Crippen LogP contribution in [0.4, 0.5) is 8.78 Å². The predicted octanol–water partition coefficient (Wildman–Crippen LogP) is 6.03. The second kappa shape index (κ2) is 8.55. The molecule has 24 heavy (non-hydrogen) atoms. The number of ether oxygens (including phenoxy) is 1. The van der Waals surface area contributed by atoms with E-state index >= 15 is 0 Å². The average Bonchev–Trinajstić information content (AvgIpc) is 2.60. The van der Waals surface area contributed by atoms with Crippen LogP contribution < -0.4 is 4.74 Å². The van der Waals surface area contributed by atoms with Crippen LogP contribution in [-0.4, -0.2) is 11.9 Å². The molecule has 0 N–H and O–H groups in total. The Kier molecular flexibility index (Phi) is 6.43. The fourth-order valence-electron chi connectivity index (χ4n) is 4.45. The van der Waals surface area contributed by atoms with E-state index in [0.29, 0.717) is 17.8 Å². The Bertz CT molecular complexity index is 520. The lowest BCUT2D eigenvalue weighted by atomic mass is 9.70. The minimum atomic E-state index is -0.874. The van der Waals surface area contributed by atoms with Crippen molar-refractivity contribution in [2.75, 3.05) is 6.61 Å². The van der Waals surface area contributed by atoms with Gasteiger partial charge in [-0.3, -0.25) is 0 Å². The number of thiol groups is 1. The number of hydrogen-bond acceptors (Lipinski definition) is 2. The first kappa shape index (κ1) is 18.0. The molecule has 0 saturated heterocycles. The molecule has 2 aliphatic rings. The molecule has 1 aromatic carbocycles. The summed E-state index contributed by atoms with van der Waals surface area (Å²) in [4.78, 5) is 0. The van der Waals surface area contributed by atoms with Gasteiger partial charge in [-0.2, -0.15) is 17.0 Å². The van der Waals surface area contributed by atoms with E-state index in [1.54, 1.807) is 0 Å². The molecule has 0 heterocycles. The second-order valence-electron chi connectivity index (χ2n) is 7.54. The average molecular weight is 355 g/mol. The van der Waals surface area contributed by atoms with Crippen molar-refractivity contribution in [2.24, 2.45) is 17.8 Å². The van der Waals surface area contributed by atoms with Crippen LogP contribution in [0.15, 0.2) is 18.2 Å². The molecular weight excluding hydrogens is 326 g/mol. The minimum absolute atomic E-state index is 0.0344. The predicted molar refractivity (Wildman–Crippen MR) is 96.7 cm³/mol. The summed E-state index contributed by atoms with van der Waals surface area (Å²) >= 11 is 4.60. The molecule has 0 bridgehead atoms. The van der Waals surface area contributed by atoms with Crippen molar-refractivity contribution in [3.63, 3.8) is 0 Å². The van der Waals surface area contributed by atoms with Crippen LogP contribution >= 0.6 is 12.6 Å². The highest BCUT2D eigenvalue weighted by Gasteiger charge is 2.30. The zero-order valence-electron chi connectivity index (χ0n) is 14.2. The van der Waals surface area contributed by atoms with Gasteiger partial charge >= 0.3 is 0 Å². The van der Waals surface area contributed by atoms with Crippen LogP contribution in [0.25, 0.3) is 0 Å². The molecule has 0 spiro atoms. The molecule has 4 heteroatoms. The quantitative estimate of drug-likeness (QED) is 0.635. The lowest BCUT2D eigenvalue weighted by Crippen LogP contribution is -2.26. The molecule has 2 saturated carbocycles. The molecule has 1 aromatic rings. The fraction of sp³-hybridized carbons (Fsp3) is 0.700. The first-order valence-corrected chi connectivity index (χ1v) is 9.90. The number of rotatable bonds is 5. The van der Waals surface area contributed by atoms with Crippen LogP contribution in [0.2, 0.25) is 0 Å². The van der Waals surface area contributed by atoms with Crippen LogP contribution in [0.3, 0.4) is 0 Å². The van der Waals surface area contributed by atoms with E-state index < -0.39 is 11.6 Å². The first-order chi connectivity index (χ1) is 11.6. The Morgan fingerprint density at radius 3 is 2.21 bits per heavy atom. The van der Waals surface area contributed by atoms with Gasteiger partial charge in [-0.15, -0.1) is 0 Å². The monoisotopic (exact) mass is 354 g/mol. The zero-order valence-corrected chi connectivity index (χ0v) is 15.1. The van der Waals surface area contributed by atoms with E-state index in [1.807, 2.05) is 0 Å². The maximum Gasteiger partial charge on any atom is 0.200 e. The Hall–Kier alpha value is -0.770. The summed E-state index contributed by atoms with van der Waals surface area (Å²) < 4.78 is 32.1. The van der Waals surface area contributed by atoms with Crippen molar-refractivity contribution in [3.8, 4) is 5.75 Å². The SMILES string of the molecule is Fc1cccc(OCCC2CCC(C3CCC(S)CC3)CC2)c1F. The fourth-order valence-corrected chi connectivity index (χ4v) is 4.75. The van der Waals surface area contributed by atoms with E-state index in [2.05, 4.69) is 12.6 Å². The van der Waals surface area contributed by atoms with Gasteiger partial charge < -0.3 is 4.74 Å². The van der Waals surface area contributed by atoms with Crippen LogP contribution in [0, 0.1) is 29.4 Å². The van der Waals surface area contributed by atoms with Gasteiger partial charge in [0.15, 0.2) is 11.6 Å². The molecule has 0 aliphatic heterocycles. The second-order valence-corrected chi connectivity index (χ2v) is 8.27. The van der Waals surface area contributed by atoms with Gasteiger partial charge in [-0.1, -0.05) is 18.9 Å². The third-order valence-corrected chi connectivity index (χ3v) is 6.52. The summed E-state index contributed by atoms with van der Waals surface area (Å²) in [6.45, 7) is 0.473.